The third-order valence-corrected chi connectivity index (χ3v) is 9.19. The van der Waals surface area contributed by atoms with Crippen LogP contribution in [-0.4, -0.2) is 21.2 Å². The predicted octanol–water partition coefficient (Wildman–Crippen LogP) is 8.65. The molecule has 33 heavy (non-hydrogen) atoms. The molecule has 1 aliphatic rings. The normalized spacial score (nSPS) is 15.2. The zero-order chi connectivity index (χ0) is 22.8. The predicted molar refractivity (Wildman–Crippen MR) is 140 cm³/mol. The van der Waals surface area contributed by atoms with E-state index in [1.54, 1.807) is 0 Å². The summed E-state index contributed by atoms with van der Waals surface area (Å²) in [6.45, 7) is 4.40. The molecule has 5 heteroatoms. The molecule has 3 nitrogen and oxygen atoms in total. The van der Waals surface area contributed by atoms with E-state index >= 15 is 0 Å². The van der Waals surface area contributed by atoms with Crippen LogP contribution in [0.1, 0.15) is 46.0 Å². The molecule has 1 aliphatic heterocycles. The first-order valence-electron chi connectivity index (χ1n) is 11.8. The summed E-state index contributed by atoms with van der Waals surface area (Å²) in [5, 5.41) is 4.66. The van der Waals surface area contributed by atoms with Crippen molar-refractivity contribution in [2.24, 2.45) is 0 Å². The van der Waals surface area contributed by atoms with Crippen LogP contribution in [0, 0.1) is 0 Å². The minimum absolute atomic E-state index is 0.0945. The first-order chi connectivity index (χ1) is 16.1. The zero-order valence-electron chi connectivity index (χ0n) is 19.1. The van der Waals surface area contributed by atoms with Gasteiger partial charge in [-0.3, -0.25) is 0 Å². The fraction of sp³-hybridized carbons (Fsp3) is 0.286. The second-order valence-electron chi connectivity index (χ2n) is 8.58. The van der Waals surface area contributed by atoms with Gasteiger partial charge >= 0.3 is 204 Å². The molecular formula is C28H29O3PSe. The topological polar surface area (TPSA) is 27.7 Å². The molecule has 5 rings (SSSR count). The minimum atomic E-state index is -2.77. The van der Waals surface area contributed by atoms with Crippen LogP contribution in [0.25, 0.3) is 32.7 Å². The van der Waals surface area contributed by atoms with Gasteiger partial charge in [0.05, 0.1) is 0 Å². The second kappa shape index (κ2) is 9.64. The van der Waals surface area contributed by atoms with E-state index in [2.05, 4.69) is 102 Å². The average molecular weight is 523 g/mol. The van der Waals surface area contributed by atoms with Gasteiger partial charge in [-0.2, -0.15) is 0 Å². The monoisotopic (exact) mass is 524 g/mol. The van der Waals surface area contributed by atoms with Crippen molar-refractivity contribution in [3.63, 3.8) is 0 Å². The molecule has 0 fully saturated rings. The molecular weight excluding hydrogens is 494 g/mol. The Morgan fingerprint density at radius 2 is 1.30 bits per heavy atom. The summed E-state index contributed by atoms with van der Waals surface area (Å²) in [7, 11) is 0. The van der Waals surface area contributed by atoms with Gasteiger partial charge in [0.1, 0.15) is 0 Å². The Balaban J connectivity index is 1.68. The van der Waals surface area contributed by atoms with E-state index in [1.807, 2.05) is 0 Å². The van der Waals surface area contributed by atoms with Crippen LogP contribution in [0.5, 0.6) is 11.5 Å². The van der Waals surface area contributed by atoms with Gasteiger partial charge < -0.3 is 0 Å². The third kappa shape index (κ3) is 4.51. The van der Waals surface area contributed by atoms with Gasteiger partial charge in [-0.05, 0) is 0 Å². The Bertz CT molecular complexity index is 1260. The number of rotatable bonds is 7. The van der Waals surface area contributed by atoms with Crippen LogP contribution < -0.4 is 9.05 Å². The van der Waals surface area contributed by atoms with Gasteiger partial charge in [0.2, 0.25) is 0 Å². The molecule has 0 aliphatic carbocycles. The maximum atomic E-state index is 6.63. The first kappa shape index (κ1) is 22.7. The summed E-state index contributed by atoms with van der Waals surface area (Å²) in [4.78, 5) is 0. The fourth-order valence-corrected chi connectivity index (χ4v) is 7.92. The van der Waals surface area contributed by atoms with E-state index < -0.39 is 6.19 Å². The van der Waals surface area contributed by atoms with Gasteiger partial charge in [-0.25, -0.2) is 0 Å². The molecule has 4 aromatic rings. The van der Waals surface area contributed by atoms with E-state index in [9.17, 15) is 0 Å². The fourth-order valence-electron chi connectivity index (χ4n) is 4.61. The van der Waals surface area contributed by atoms with Crippen LogP contribution in [0.4, 0.5) is 0 Å². The molecule has 1 heterocycles. The van der Waals surface area contributed by atoms with E-state index in [0.29, 0.717) is 0 Å². The standard InChI is InChI=1S/C28H29O3PSe/c1-3-5-6-13-22(4-2)29-32(33)30-25-18-16-20-11-7-9-14-23(20)27(25)28-24-15-10-8-12-21(24)17-19-26(28)31-32/h7-12,14-19,22H,3-6,13H2,1-2H3/t22-/m0/s1. The van der Waals surface area contributed by atoms with Crippen molar-refractivity contribution in [1.29, 1.82) is 0 Å². The van der Waals surface area contributed by atoms with Crippen molar-refractivity contribution >= 4 is 42.8 Å². The molecule has 0 aromatic heterocycles. The Morgan fingerprint density at radius 1 is 0.758 bits per heavy atom. The van der Waals surface area contributed by atoms with Gasteiger partial charge in [-0.1, -0.05) is 0 Å². The van der Waals surface area contributed by atoms with E-state index in [0.717, 1.165) is 52.7 Å². The van der Waals surface area contributed by atoms with Crippen LogP contribution in [-0.2, 0) is 4.52 Å². The number of hydrogen-bond acceptors (Lipinski definition) is 3. The molecule has 0 spiro atoms. The van der Waals surface area contributed by atoms with Crippen molar-refractivity contribution < 1.29 is 13.6 Å². The molecule has 170 valence electrons. The zero-order valence-corrected chi connectivity index (χ0v) is 21.7. The van der Waals surface area contributed by atoms with Crippen molar-refractivity contribution in [3.8, 4) is 22.6 Å². The molecule has 1 atom stereocenters. The number of hydrogen-bond donors (Lipinski definition) is 0. The van der Waals surface area contributed by atoms with Crippen LogP contribution in [0.2, 0.25) is 0 Å². The summed E-state index contributed by atoms with van der Waals surface area (Å²) in [6, 6.07) is 25.3. The maximum absolute atomic E-state index is 6.63. The molecule has 0 radical (unpaired) electrons. The summed E-state index contributed by atoms with van der Waals surface area (Å²) in [5.74, 6) is 1.61. The molecule has 0 N–H and O–H groups in total. The molecule has 4 aromatic carbocycles. The van der Waals surface area contributed by atoms with E-state index in [1.165, 1.54) is 23.6 Å². The van der Waals surface area contributed by atoms with Crippen molar-refractivity contribution in [3.05, 3.63) is 72.8 Å². The van der Waals surface area contributed by atoms with Gasteiger partial charge in [0.15, 0.2) is 0 Å². The van der Waals surface area contributed by atoms with Crippen LogP contribution in [0.15, 0.2) is 72.8 Å². The Labute approximate surface area is 203 Å². The molecule has 0 saturated heterocycles. The van der Waals surface area contributed by atoms with Crippen molar-refractivity contribution in [1.82, 2.24) is 0 Å². The quantitative estimate of drug-likeness (QED) is 0.138. The first-order valence-corrected chi connectivity index (χ1v) is 15.6. The molecule has 0 unspecified atom stereocenters. The Hall–Kier alpha value is -2.09. The number of fused-ring (bicyclic) bond motifs is 7. The Kier molecular flexibility index (Phi) is 6.63. The van der Waals surface area contributed by atoms with Crippen LogP contribution in [0.3, 0.4) is 0 Å². The molecule has 0 amide bonds. The SMILES string of the molecule is CCCCC[C@H](CC)OP1(=[Se])Oc2ccc3ccccc3c2-c2c(ccc3ccccc23)O1. The van der Waals surface area contributed by atoms with Gasteiger partial charge in [-0.15, -0.1) is 0 Å². The van der Waals surface area contributed by atoms with Gasteiger partial charge in [0.25, 0.3) is 0 Å². The molecule has 0 saturated carbocycles. The number of unbranched alkanes of at least 4 members (excludes halogenated alkanes) is 2. The summed E-state index contributed by atoms with van der Waals surface area (Å²) in [6.07, 6.45) is 2.82. The van der Waals surface area contributed by atoms with E-state index in [4.69, 9.17) is 13.6 Å². The van der Waals surface area contributed by atoms with Gasteiger partial charge in [0, 0.05) is 0 Å². The molecule has 0 bridgehead atoms. The third-order valence-electron chi connectivity index (χ3n) is 6.32. The van der Waals surface area contributed by atoms with E-state index in [-0.39, 0.29) is 6.10 Å². The average Bonchev–Trinajstić information content (AvgIpc) is 2.97. The van der Waals surface area contributed by atoms with Crippen molar-refractivity contribution in [2.45, 2.75) is 52.1 Å². The summed E-state index contributed by atoms with van der Waals surface area (Å²) in [5.41, 5.74) is 2.14. The summed E-state index contributed by atoms with van der Waals surface area (Å²) < 4.78 is 19.9. The van der Waals surface area contributed by atoms with Crippen LogP contribution >= 0.6 is 6.19 Å². The number of benzene rings is 4. The second-order valence-corrected chi connectivity index (χ2v) is 12.9. The van der Waals surface area contributed by atoms with Crippen molar-refractivity contribution in [2.75, 3.05) is 0 Å². The summed E-state index contributed by atoms with van der Waals surface area (Å²) >= 11 is 3.21. The Morgan fingerprint density at radius 3 is 1.82 bits per heavy atom.